The number of aliphatic imine (C=N–C) groups is 1. The number of hydrogen-bond acceptors (Lipinski definition) is 7. The van der Waals surface area contributed by atoms with Crippen LogP contribution in [0.5, 0.6) is 5.75 Å². The Morgan fingerprint density at radius 2 is 1.86 bits per heavy atom. The molecule has 1 aliphatic heterocycles. The fraction of sp³-hybridized carbons (Fsp3) is 0.394. The number of hydrogen-bond donors (Lipinski definition) is 3. The van der Waals surface area contributed by atoms with Crippen LogP contribution in [0, 0.1) is 5.41 Å². The molecule has 3 N–H and O–H groups in total. The van der Waals surface area contributed by atoms with Crippen LogP contribution in [0.15, 0.2) is 87.4 Å². The van der Waals surface area contributed by atoms with E-state index in [1.165, 1.54) is 0 Å². The van der Waals surface area contributed by atoms with Crippen molar-refractivity contribution < 1.29 is 19.4 Å². The van der Waals surface area contributed by atoms with Crippen molar-refractivity contribution in [1.82, 2.24) is 10.9 Å². The summed E-state index contributed by atoms with van der Waals surface area (Å²) in [4.78, 5) is 22.4. The molecule has 0 radical (unpaired) electrons. The minimum atomic E-state index is -1.40. The number of carbonyl (C=O) groups is 1. The van der Waals surface area contributed by atoms with Crippen LogP contribution < -0.4 is 15.6 Å². The first-order valence-electron chi connectivity index (χ1n) is 14.6. The number of ether oxygens (including phenoxy) is 2. The van der Waals surface area contributed by atoms with Gasteiger partial charge in [0.25, 0.3) is 5.91 Å². The monoisotopic (exact) mass is 662 g/mol. The highest BCUT2D eigenvalue weighted by atomic mass is 79.9. The SMILES string of the molecule is CC(C)(C)CCNNC(=O)[C@@]1(Cc2ccc(Br)cc2)N=C(c2ccc(OCCCO)cc2)O[C@H]1c1ccccc1CN=[N+]=[N-]. The summed E-state index contributed by atoms with van der Waals surface area (Å²) in [7, 11) is 0. The van der Waals surface area contributed by atoms with Gasteiger partial charge in [-0.3, -0.25) is 10.2 Å². The zero-order chi connectivity index (χ0) is 31.6. The second-order valence-corrected chi connectivity index (χ2v) is 12.8. The van der Waals surface area contributed by atoms with Crippen LogP contribution in [0.25, 0.3) is 10.4 Å². The lowest BCUT2D eigenvalue weighted by Gasteiger charge is -2.32. The number of nitrogens with one attached hydrogen (secondary N) is 2. The largest absolute Gasteiger partial charge is 0.494 e. The van der Waals surface area contributed by atoms with Crippen LogP contribution in [0.3, 0.4) is 0 Å². The molecule has 11 heteroatoms. The van der Waals surface area contributed by atoms with Gasteiger partial charge in [-0.2, -0.15) is 0 Å². The molecule has 1 amide bonds. The van der Waals surface area contributed by atoms with E-state index in [1.807, 2.05) is 72.8 Å². The Morgan fingerprint density at radius 3 is 2.55 bits per heavy atom. The lowest BCUT2D eigenvalue weighted by atomic mass is 9.81. The highest BCUT2D eigenvalue weighted by Crippen LogP contribution is 2.44. The minimum Gasteiger partial charge on any atom is -0.494 e. The second kappa shape index (κ2) is 15.2. The topological polar surface area (TPSA) is 141 Å². The van der Waals surface area contributed by atoms with E-state index in [9.17, 15) is 4.79 Å². The average Bonchev–Trinajstić information content (AvgIpc) is 3.39. The molecule has 0 aliphatic carbocycles. The fourth-order valence-electron chi connectivity index (χ4n) is 4.90. The van der Waals surface area contributed by atoms with Gasteiger partial charge in [-0.1, -0.05) is 78.2 Å². The molecular weight excluding hydrogens is 624 g/mol. The predicted octanol–water partition coefficient (Wildman–Crippen LogP) is 6.58. The number of nitrogens with zero attached hydrogens (tertiary/aromatic N) is 4. The standard InChI is InChI=1S/C33H39BrN6O4/c1-32(2,3)17-18-36-39-31(42)33(21-23-9-13-26(34)14-10-23)29(28-8-5-4-7-25(28)22-37-40-35)44-30(38-33)24-11-15-27(16-12-24)43-20-6-19-41/h4-5,7-16,29,36,41H,6,17-22H2,1-3H3,(H,39,42)/t29-,33-/m0/s1. The van der Waals surface area contributed by atoms with Gasteiger partial charge < -0.3 is 14.6 Å². The molecule has 44 heavy (non-hydrogen) atoms. The quantitative estimate of drug-likeness (QED) is 0.0588. The van der Waals surface area contributed by atoms with Crippen LogP contribution in [0.2, 0.25) is 0 Å². The van der Waals surface area contributed by atoms with Crippen LogP contribution in [0.1, 0.15) is 62.0 Å². The zero-order valence-corrected chi connectivity index (χ0v) is 26.9. The average molecular weight is 664 g/mol. The Kier molecular flexibility index (Phi) is 11.4. The van der Waals surface area contributed by atoms with Crippen molar-refractivity contribution in [2.24, 2.45) is 15.5 Å². The summed E-state index contributed by atoms with van der Waals surface area (Å²) in [5.74, 6) is 0.633. The Hall–Kier alpha value is -3.89. The third kappa shape index (κ3) is 8.60. The molecule has 1 heterocycles. The summed E-state index contributed by atoms with van der Waals surface area (Å²) < 4.78 is 13.3. The van der Waals surface area contributed by atoms with E-state index < -0.39 is 11.6 Å². The van der Waals surface area contributed by atoms with Gasteiger partial charge in [-0.25, -0.2) is 10.4 Å². The zero-order valence-electron chi connectivity index (χ0n) is 25.3. The van der Waals surface area contributed by atoms with Gasteiger partial charge in [-0.15, -0.1) is 0 Å². The first-order valence-corrected chi connectivity index (χ1v) is 15.4. The number of halogens is 1. The summed E-state index contributed by atoms with van der Waals surface area (Å²) in [5, 5.41) is 12.9. The van der Waals surface area contributed by atoms with E-state index in [0.29, 0.717) is 42.3 Å². The number of benzene rings is 3. The fourth-order valence-corrected chi connectivity index (χ4v) is 5.17. The van der Waals surface area contributed by atoms with Gasteiger partial charge in [-0.05, 0) is 70.5 Å². The van der Waals surface area contributed by atoms with Crippen LogP contribution in [0.4, 0.5) is 0 Å². The summed E-state index contributed by atoms with van der Waals surface area (Å²) in [6.07, 6.45) is 0.810. The van der Waals surface area contributed by atoms with Crippen molar-refractivity contribution in [3.05, 3.63) is 110 Å². The molecule has 3 aromatic rings. The number of hydrazine groups is 1. The Bertz CT molecular complexity index is 1480. The van der Waals surface area contributed by atoms with E-state index >= 15 is 0 Å². The van der Waals surface area contributed by atoms with Gasteiger partial charge in [0.2, 0.25) is 5.90 Å². The molecule has 0 bridgehead atoms. The summed E-state index contributed by atoms with van der Waals surface area (Å²) >= 11 is 3.50. The third-order valence-corrected chi connectivity index (χ3v) is 7.79. The highest BCUT2D eigenvalue weighted by Gasteiger charge is 2.54. The van der Waals surface area contributed by atoms with Gasteiger partial charge >= 0.3 is 0 Å². The smallest absolute Gasteiger partial charge is 0.266 e. The molecule has 1 aliphatic rings. The van der Waals surface area contributed by atoms with E-state index in [4.69, 9.17) is 25.1 Å². The van der Waals surface area contributed by atoms with E-state index in [2.05, 4.69) is 57.6 Å². The lowest BCUT2D eigenvalue weighted by molar-refractivity contribution is -0.130. The third-order valence-electron chi connectivity index (χ3n) is 7.26. The van der Waals surface area contributed by atoms with E-state index in [1.54, 1.807) is 0 Å². The molecule has 0 aromatic heterocycles. The number of aliphatic hydroxyl groups is 1. The number of amides is 1. The lowest BCUT2D eigenvalue weighted by Crippen LogP contribution is -2.54. The van der Waals surface area contributed by atoms with Crippen LogP contribution in [-0.4, -0.2) is 42.2 Å². The number of carbonyl (C=O) groups excluding carboxylic acids is 1. The molecule has 0 saturated carbocycles. The normalized spacial score (nSPS) is 17.8. The number of rotatable bonds is 14. The Balaban J connectivity index is 1.78. The van der Waals surface area contributed by atoms with Crippen molar-refractivity contribution in [2.75, 3.05) is 19.8 Å². The van der Waals surface area contributed by atoms with Crippen molar-refractivity contribution in [1.29, 1.82) is 0 Å². The van der Waals surface area contributed by atoms with E-state index in [0.717, 1.165) is 22.0 Å². The Labute approximate surface area is 266 Å². The maximum atomic E-state index is 14.4. The van der Waals surface area contributed by atoms with Crippen molar-refractivity contribution >= 4 is 27.7 Å². The van der Waals surface area contributed by atoms with Crippen molar-refractivity contribution in [2.45, 2.75) is 58.2 Å². The summed E-state index contributed by atoms with van der Waals surface area (Å²) in [6, 6.07) is 22.6. The maximum absolute atomic E-state index is 14.4. The Morgan fingerprint density at radius 1 is 1.14 bits per heavy atom. The maximum Gasteiger partial charge on any atom is 0.266 e. The van der Waals surface area contributed by atoms with Gasteiger partial charge in [0.15, 0.2) is 11.6 Å². The summed E-state index contributed by atoms with van der Waals surface area (Å²) in [5.41, 5.74) is 16.8. The van der Waals surface area contributed by atoms with Gasteiger partial charge in [0.05, 0.1) is 13.2 Å². The molecule has 232 valence electrons. The summed E-state index contributed by atoms with van der Waals surface area (Å²) in [6.45, 7) is 7.57. The van der Waals surface area contributed by atoms with Crippen molar-refractivity contribution in [3.63, 3.8) is 0 Å². The molecule has 2 atom stereocenters. The minimum absolute atomic E-state index is 0.0544. The molecule has 4 rings (SSSR count). The van der Waals surface area contributed by atoms with Crippen LogP contribution in [-0.2, 0) is 22.5 Å². The highest BCUT2D eigenvalue weighted by molar-refractivity contribution is 9.10. The predicted molar refractivity (Wildman–Crippen MR) is 174 cm³/mol. The van der Waals surface area contributed by atoms with Gasteiger partial charge in [0.1, 0.15) is 5.75 Å². The molecule has 0 spiro atoms. The number of aliphatic hydroxyl groups excluding tert-OH is 1. The van der Waals surface area contributed by atoms with E-state index in [-0.39, 0.29) is 30.9 Å². The first kappa shape index (κ1) is 33.0. The van der Waals surface area contributed by atoms with Crippen LogP contribution >= 0.6 is 15.9 Å². The molecule has 10 nitrogen and oxygen atoms in total. The number of azide groups is 1. The molecular formula is C33H39BrN6O4. The first-order chi connectivity index (χ1) is 21.1. The molecule has 0 fully saturated rings. The molecule has 0 unspecified atom stereocenters. The van der Waals surface area contributed by atoms with Crippen molar-refractivity contribution in [3.8, 4) is 5.75 Å². The molecule has 0 saturated heterocycles. The second-order valence-electron chi connectivity index (χ2n) is 11.9. The van der Waals surface area contributed by atoms with Gasteiger partial charge in [0, 0.05) is 40.9 Å². The molecule has 3 aromatic carbocycles.